The molecule has 0 saturated heterocycles. The lowest BCUT2D eigenvalue weighted by Gasteiger charge is -2.34. The van der Waals surface area contributed by atoms with E-state index in [2.05, 4.69) is 10.3 Å². The minimum absolute atomic E-state index is 0. The van der Waals surface area contributed by atoms with Gasteiger partial charge >= 0.3 is 0 Å². The van der Waals surface area contributed by atoms with Crippen LogP contribution in [0.1, 0.15) is 23.4 Å². The number of fused-ring (bicyclic) bond motifs is 1. The zero-order chi connectivity index (χ0) is 19.7. The smallest absolute Gasteiger partial charge is 0.261 e. The average molecular weight is 395 g/mol. The molecule has 2 amide bonds. The molecule has 4 rings (SSSR count). The Balaban J connectivity index is 0.00000240. The molecule has 2 aromatic carbocycles. The van der Waals surface area contributed by atoms with Crippen LogP contribution in [0.5, 0.6) is 5.75 Å². The molecule has 1 aliphatic heterocycles. The Labute approximate surface area is 166 Å². The summed E-state index contributed by atoms with van der Waals surface area (Å²) >= 11 is 1.24. The van der Waals surface area contributed by atoms with Crippen LogP contribution in [0.2, 0.25) is 0 Å². The molecule has 140 valence electrons. The SMILES string of the molecule is [B]c1ccc2c(c1)C(=O)N(C(C(=O)Nc1nccs1)c1cccc(F)c1)CO2.[HH]. The topological polar surface area (TPSA) is 71.5 Å². The van der Waals surface area contributed by atoms with Gasteiger partial charge in [-0.2, -0.15) is 0 Å². The number of carbonyl (C=O) groups excluding carboxylic acids is 2. The second-order valence-electron chi connectivity index (χ2n) is 6.09. The van der Waals surface area contributed by atoms with Gasteiger partial charge in [0, 0.05) is 13.0 Å². The van der Waals surface area contributed by atoms with E-state index >= 15 is 0 Å². The monoisotopic (exact) mass is 395 g/mol. The van der Waals surface area contributed by atoms with Crippen molar-refractivity contribution in [2.75, 3.05) is 12.0 Å². The van der Waals surface area contributed by atoms with Crippen molar-refractivity contribution in [2.45, 2.75) is 6.04 Å². The zero-order valence-electron chi connectivity index (χ0n) is 14.5. The van der Waals surface area contributed by atoms with E-state index in [1.54, 1.807) is 29.8 Å². The normalized spacial score (nSPS) is 14.2. The minimum atomic E-state index is -1.11. The van der Waals surface area contributed by atoms with Crippen LogP contribution in [-0.2, 0) is 4.79 Å². The van der Waals surface area contributed by atoms with Crippen molar-refractivity contribution in [3.63, 3.8) is 0 Å². The average Bonchev–Trinajstić information content (AvgIpc) is 3.17. The molecule has 6 nitrogen and oxygen atoms in total. The van der Waals surface area contributed by atoms with Gasteiger partial charge in [0.2, 0.25) is 0 Å². The summed E-state index contributed by atoms with van der Waals surface area (Å²) in [6, 6.07) is 9.16. The fourth-order valence-corrected chi connectivity index (χ4v) is 3.53. The lowest BCUT2D eigenvalue weighted by molar-refractivity contribution is -0.122. The van der Waals surface area contributed by atoms with E-state index in [1.165, 1.54) is 40.5 Å². The number of halogens is 1. The fourth-order valence-electron chi connectivity index (χ4n) is 2.99. The van der Waals surface area contributed by atoms with Gasteiger partial charge < -0.3 is 4.74 Å². The number of aromatic nitrogens is 1. The molecule has 28 heavy (non-hydrogen) atoms. The molecular weight excluding hydrogens is 380 g/mol. The van der Waals surface area contributed by atoms with Crippen molar-refractivity contribution >= 4 is 41.6 Å². The number of carbonyl (C=O) groups is 2. The Morgan fingerprint density at radius 3 is 2.96 bits per heavy atom. The first-order valence-electron chi connectivity index (χ1n) is 8.32. The number of benzene rings is 2. The number of thiazole rings is 1. The highest BCUT2D eigenvalue weighted by molar-refractivity contribution is 7.13. The number of amides is 2. The van der Waals surface area contributed by atoms with Gasteiger partial charge in [-0.1, -0.05) is 29.7 Å². The van der Waals surface area contributed by atoms with Gasteiger partial charge in [-0.25, -0.2) is 9.37 Å². The summed E-state index contributed by atoms with van der Waals surface area (Å²) in [5.41, 5.74) is 0.958. The number of rotatable bonds is 4. The van der Waals surface area contributed by atoms with E-state index in [9.17, 15) is 14.0 Å². The summed E-state index contributed by atoms with van der Waals surface area (Å²) < 4.78 is 19.5. The Morgan fingerprint density at radius 2 is 2.21 bits per heavy atom. The summed E-state index contributed by atoms with van der Waals surface area (Å²) in [4.78, 5) is 31.3. The van der Waals surface area contributed by atoms with Gasteiger partial charge in [-0.05, 0) is 23.8 Å². The van der Waals surface area contributed by atoms with E-state index in [1.807, 2.05) is 0 Å². The predicted octanol–water partition coefficient (Wildman–Crippen LogP) is 2.49. The van der Waals surface area contributed by atoms with Gasteiger partial charge in [0.25, 0.3) is 11.8 Å². The second-order valence-corrected chi connectivity index (χ2v) is 6.98. The van der Waals surface area contributed by atoms with Crippen molar-refractivity contribution in [3.8, 4) is 5.75 Å². The Hall–Kier alpha value is -3.20. The van der Waals surface area contributed by atoms with Crippen LogP contribution in [0.15, 0.2) is 54.0 Å². The molecule has 9 heteroatoms. The molecule has 0 bridgehead atoms. The van der Waals surface area contributed by atoms with E-state index in [4.69, 9.17) is 12.6 Å². The third-order valence-electron chi connectivity index (χ3n) is 4.24. The molecular formula is C19H15BFN3O3S. The number of nitrogens with one attached hydrogen (secondary N) is 1. The van der Waals surface area contributed by atoms with E-state index < -0.39 is 23.7 Å². The standard InChI is InChI=1S/C19H13BFN3O3S.H2/c20-12-4-5-15-14(9-12)18(26)24(10-27-15)16(11-2-1-3-13(21)8-11)17(25)23-19-22-6-7-28-19;/h1-9,16H,10H2,(H,22,23,25);1H. The maximum absolute atomic E-state index is 13.8. The molecule has 0 aliphatic carbocycles. The number of hydrogen-bond donors (Lipinski definition) is 1. The Kier molecular flexibility index (Phi) is 4.83. The number of ether oxygens (including phenoxy) is 1. The highest BCUT2D eigenvalue weighted by Gasteiger charge is 2.36. The van der Waals surface area contributed by atoms with Crippen LogP contribution < -0.4 is 15.5 Å². The summed E-state index contributed by atoms with van der Waals surface area (Å²) in [6.45, 7) is -0.164. The molecule has 1 aliphatic rings. The maximum Gasteiger partial charge on any atom is 0.261 e. The van der Waals surface area contributed by atoms with Crippen molar-refractivity contribution < 1.29 is 20.1 Å². The zero-order valence-corrected chi connectivity index (χ0v) is 15.3. The largest absolute Gasteiger partial charge is 0.472 e. The molecule has 1 unspecified atom stereocenters. The quantitative estimate of drug-likeness (QED) is 0.690. The molecule has 1 atom stereocenters. The summed E-state index contributed by atoms with van der Waals surface area (Å²) in [7, 11) is 5.78. The Bertz CT molecular complexity index is 1050. The lowest BCUT2D eigenvalue weighted by Crippen LogP contribution is -2.46. The van der Waals surface area contributed by atoms with Crippen LogP contribution in [0.25, 0.3) is 0 Å². The van der Waals surface area contributed by atoms with Crippen LogP contribution in [0, 0.1) is 5.82 Å². The fraction of sp³-hybridized carbons (Fsp3) is 0.105. The van der Waals surface area contributed by atoms with Gasteiger partial charge in [-0.3, -0.25) is 19.8 Å². The number of nitrogens with zero attached hydrogens (tertiary/aromatic N) is 2. The molecule has 2 heterocycles. The predicted molar refractivity (Wildman–Crippen MR) is 105 cm³/mol. The first-order chi connectivity index (χ1) is 13.5. The first-order valence-corrected chi connectivity index (χ1v) is 9.20. The highest BCUT2D eigenvalue weighted by Crippen LogP contribution is 2.31. The van der Waals surface area contributed by atoms with Crippen molar-refractivity contribution in [2.24, 2.45) is 0 Å². The van der Waals surface area contributed by atoms with Crippen LogP contribution in [-0.4, -0.2) is 36.3 Å². The molecule has 2 radical (unpaired) electrons. The van der Waals surface area contributed by atoms with Crippen molar-refractivity contribution in [3.05, 3.63) is 71.0 Å². The first kappa shape index (κ1) is 18.2. The molecule has 0 fully saturated rings. The van der Waals surface area contributed by atoms with Crippen LogP contribution in [0.3, 0.4) is 0 Å². The third-order valence-corrected chi connectivity index (χ3v) is 4.93. The van der Waals surface area contributed by atoms with E-state index in [0.717, 1.165) is 0 Å². The van der Waals surface area contributed by atoms with E-state index in [-0.39, 0.29) is 13.7 Å². The Morgan fingerprint density at radius 1 is 1.36 bits per heavy atom. The molecule has 0 saturated carbocycles. The summed E-state index contributed by atoms with van der Waals surface area (Å²) in [5.74, 6) is -1.09. The third kappa shape index (κ3) is 3.48. The molecule has 0 spiro atoms. The second kappa shape index (κ2) is 7.44. The highest BCUT2D eigenvalue weighted by atomic mass is 32.1. The van der Waals surface area contributed by atoms with Crippen molar-refractivity contribution in [1.82, 2.24) is 9.88 Å². The van der Waals surface area contributed by atoms with Gasteiger partial charge in [0.15, 0.2) is 11.9 Å². The number of hydrogen-bond acceptors (Lipinski definition) is 5. The minimum Gasteiger partial charge on any atom is -0.472 e. The lowest BCUT2D eigenvalue weighted by atomic mass is 9.93. The van der Waals surface area contributed by atoms with E-state index in [0.29, 0.717) is 21.9 Å². The van der Waals surface area contributed by atoms with Crippen LogP contribution in [0.4, 0.5) is 9.52 Å². The molecule has 1 N–H and O–H groups in total. The molecule has 1 aromatic heterocycles. The van der Waals surface area contributed by atoms with Crippen molar-refractivity contribution in [1.29, 1.82) is 0 Å². The number of anilines is 1. The maximum atomic E-state index is 13.8. The summed E-state index contributed by atoms with van der Waals surface area (Å²) in [5, 5.41) is 4.75. The van der Waals surface area contributed by atoms with Crippen LogP contribution >= 0.6 is 11.3 Å². The summed E-state index contributed by atoms with van der Waals surface area (Å²) in [6.07, 6.45) is 1.55. The van der Waals surface area contributed by atoms with Gasteiger partial charge in [0.1, 0.15) is 25.5 Å². The van der Waals surface area contributed by atoms with Gasteiger partial charge in [0.05, 0.1) is 5.56 Å². The molecule has 3 aromatic rings. The van der Waals surface area contributed by atoms with Gasteiger partial charge in [-0.15, -0.1) is 11.3 Å².